The minimum Gasteiger partial charge on any atom is -0.484 e. The highest BCUT2D eigenvalue weighted by molar-refractivity contribution is 7.71. The summed E-state index contributed by atoms with van der Waals surface area (Å²) in [6.45, 7) is 4.08. The minimum absolute atomic E-state index is 0.262. The van der Waals surface area contributed by atoms with Crippen molar-refractivity contribution in [3.05, 3.63) is 70.2 Å². The normalized spacial score (nSPS) is 14.9. The third-order valence-electron chi connectivity index (χ3n) is 4.55. The highest BCUT2D eigenvalue weighted by atomic mass is 35.5. The van der Waals surface area contributed by atoms with E-state index in [0.29, 0.717) is 22.2 Å². The molecule has 28 heavy (non-hydrogen) atoms. The molecule has 1 aliphatic rings. The summed E-state index contributed by atoms with van der Waals surface area (Å²) < 4.78 is 15.8. The largest absolute Gasteiger partial charge is 0.484 e. The molecule has 1 aromatic heterocycles. The van der Waals surface area contributed by atoms with Crippen LogP contribution in [-0.2, 0) is 18.0 Å². The summed E-state index contributed by atoms with van der Waals surface area (Å²) in [7, 11) is 0. The summed E-state index contributed by atoms with van der Waals surface area (Å²) in [6, 6.07) is 17.4. The Kier molecular flexibility index (Phi) is 6.07. The van der Waals surface area contributed by atoms with Crippen molar-refractivity contribution in [2.45, 2.75) is 13.3 Å². The molecule has 0 amide bonds. The fourth-order valence-corrected chi connectivity index (χ4v) is 3.61. The number of rotatable bonds is 6. The number of nitrogens with zero attached hydrogens (tertiary/aromatic N) is 4. The van der Waals surface area contributed by atoms with Gasteiger partial charge in [-0.2, -0.15) is 5.10 Å². The summed E-state index contributed by atoms with van der Waals surface area (Å²) in [5, 5.41) is 5.32. The topological polar surface area (TPSA) is 44.4 Å². The summed E-state index contributed by atoms with van der Waals surface area (Å²) in [5.41, 5.74) is 0.957. The van der Waals surface area contributed by atoms with Crippen molar-refractivity contribution in [1.29, 1.82) is 0 Å². The Balaban J connectivity index is 1.64. The van der Waals surface area contributed by atoms with E-state index in [1.54, 1.807) is 6.07 Å². The van der Waals surface area contributed by atoms with Crippen LogP contribution in [-0.4, -0.2) is 45.6 Å². The first-order valence-corrected chi connectivity index (χ1v) is 9.92. The molecule has 2 heterocycles. The van der Waals surface area contributed by atoms with Gasteiger partial charge in [0.05, 0.1) is 24.9 Å². The molecule has 6 nitrogen and oxygen atoms in total. The molecule has 0 N–H and O–H groups in total. The predicted molar refractivity (Wildman–Crippen MR) is 111 cm³/mol. The van der Waals surface area contributed by atoms with Gasteiger partial charge in [-0.15, -0.1) is 0 Å². The molecule has 0 unspecified atom stereocenters. The first-order chi connectivity index (χ1) is 13.7. The SMILES string of the molecule is S=c1n(CN2CCOCC2)nc(COc2ccccc2Cl)n1-c1ccccc1. The van der Waals surface area contributed by atoms with Gasteiger partial charge in [0.1, 0.15) is 12.4 Å². The maximum atomic E-state index is 6.22. The molecule has 0 bridgehead atoms. The van der Waals surface area contributed by atoms with Gasteiger partial charge in [-0.05, 0) is 36.5 Å². The summed E-state index contributed by atoms with van der Waals surface area (Å²) >= 11 is 12.0. The lowest BCUT2D eigenvalue weighted by atomic mass is 10.3. The second-order valence-corrected chi connectivity index (χ2v) is 7.23. The van der Waals surface area contributed by atoms with E-state index in [2.05, 4.69) is 4.90 Å². The molecule has 3 aromatic rings. The lowest BCUT2D eigenvalue weighted by Crippen LogP contribution is -2.37. The maximum absolute atomic E-state index is 6.22. The fraction of sp³-hybridized carbons (Fsp3) is 0.300. The maximum Gasteiger partial charge on any atom is 0.203 e. The van der Waals surface area contributed by atoms with Crippen LogP contribution in [0.4, 0.5) is 0 Å². The lowest BCUT2D eigenvalue weighted by Gasteiger charge is -2.26. The Bertz CT molecular complexity index is 983. The number of ether oxygens (including phenoxy) is 2. The first kappa shape index (κ1) is 19.1. The lowest BCUT2D eigenvalue weighted by molar-refractivity contribution is 0.0209. The molecular formula is C20H21ClN4O2S. The number of halogens is 1. The Labute approximate surface area is 173 Å². The fourth-order valence-electron chi connectivity index (χ4n) is 3.11. The third kappa shape index (κ3) is 4.28. The van der Waals surface area contributed by atoms with Crippen molar-refractivity contribution in [1.82, 2.24) is 19.2 Å². The van der Waals surface area contributed by atoms with Gasteiger partial charge in [0, 0.05) is 18.8 Å². The van der Waals surface area contributed by atoms with Gasteiger partial charge in [-0.3, -0.25) is 9.47 Å². The number of morpholine rings is 1. The zero-order chi connectivity index (χ0) is 19.3. The van der Waals surface area contributed by atoms with Crippen molar-refractivity contribution < 1.29 is 9.47 Å². The highest BCUT2D eigenvalue weighted by Crippen LogP contribution is 2.24. The van der Waals surface area contributed by atoms with Gasteiger partial charge in [-0.25, -0.2) is 4.68 Å². The molecule has 0 radical (unpaired) electrons. The molecule has 1 aliphatic heterocycles. The molecule has 4 rings (SSSR count). The average molecular weight is 417 g/mol. The number of para-hydroxylation sites is 2. The van der Waals surface area contributed by atoms with E-state index >= 15 is 0 Å². The molecule has 146 valence electrons. The molecular weight excluding hydrogens is 396 g/mol. The van der Waals surface area contributed by atoms with Crippen LogP contribution in [0, 0.1) is 4.77 Å². The summed E-state index contributed by atoms with van der Waals surface area (Å²) in [6.07, 6.45) is 0. The zero-order valence-electron chi connectivity index (χ0n) is 15.3. The van der Waals surface area contributed by atoms with Gasteiger partial charge in [-0.1, -0.05) is 41.9 Å². The van der Waals surface area contributed by atoms with Crippen LogP contribution in [0.5, 0.6) is 5.75 Å². The van der Waals surface area contributed by atoms with E-state index in [9.17, 15) is 0 Å². The van der Waals surface area contributed by atoms with Crippen LogP contribution >= 0.6 is 23.8 Å². The molecule has 1 saturated heterocycles. The second kappa shape index (κ2) is 8.87. The van der Waals surface area contributed by atoms with E-state index < -0.39 is 0 Å². The van der Waals surface area contributed by atoms with Crippen LogP contribution in [0.1, 0.15) is 5.82 Å². The third-order valence-corrected chi connectivity index (χ3v) is 5.26. The number of benzene rings is 2. The smallest absolute Gasteiger partial charge is 0.203 e. The monoisotopic (exact) mass is 416 g/mol. The predicted octanol–water partition coefficient (Wildman–Crippen LogP) is 3.93. The van der Waals surface area contributed by atoms with Gasteiger partial charge >= 0.3 is 0 Å². The molecule has 8 heteroatoms. The Morgan fingerprint density at radius 3 is 2.50 bits per heavy atom. The molecule has 0 atom stereocenters. The minimum atomic E-state index is 0.262. The van der Waals surface area contributed by atoms with E-state index in [4.69, 9.17) is 38.4 Å². The first-order valence-electron chi connectivity index (χ1n) is 9.14. The van der Waals surface area contributed by atoms with E-state index in [-0.39, 0.29) is 6.61 Å². The van der Waals surface area contributed by atoms with Gasteiger partial charge in [0.25, 0.3) is 0 Å². The Morgan fingerprint density at radius 2 is 1.75 bits per heavy atom. The molecule has 0 saturated carbocycles. The molecule has 0 aliphatic carbocycles. The summed E-state index contributed by atoms with van der Waals surface area (Å²) in [5.74, 6) is 1.35. The average Bonchev–Trinajstić information content (AvgIpc) is 3.04. The Hall–Kier alpha value is -2.19. The van der Waals surface area contributed by atoms with E-state index in [1.165, 1.54) is 0 Å². The number of hydrogen-bond acceptors (Lipinski definition) is 5. The second-order valence-electron chi connectivity index (χ2n) is 6.46. The summed E-state index contributed by atoms with van der Waals surface area (Å²) in [4.78, 5) is 2.28. The van der Waals surface area contributed by atoms with Crippen molar-refractivity contribution in [2.75, 3.05) is 26.3 Å². The van der Waals surface area contributed by atoms with Crippen molar-refractivity contribution in [3.8, 4) is 11.4 Å². The van der Waals surface area contributed by atoms with Crippen LogP contribution in [0.15, 0.2) is 54.6 Å². The van der Waals surface area contributed by atoms with Crippen LogP contribution in [0.2, 0.25) is 5.02 Å². The number of aromatic nitrogens is 3. The Morgan fingerprint density at radius 1 is 1.04 bits per heavy atom. The van der Waals surface area contributed by atoms with E-state index in [0.717, 1.165) is 37.8 Å². The zero-order valence-corrected chi connectivity index (χ0v) is 16.9. The van der Waals surface area contributed by atoms with Crippen molar-refractivity contribution in [3.63, 3.8) is 0 Å². The quantitative estimate of drug-likeness (QED) is 0.570. The van der Waals surface area contributed by atoms with Crippen LogP contribution < -0.4 is 4.74 Å². The van der Waals surface area contributed by atoms with Crippen LogP contribution in [0.3, 0.4) is 0 Å². The van der Waals surface area contributed by atoms with Crippen molar-refractivity contribution >= 4 is 23.8 Å². The molecule has 1 fully saturated rings. The standard InChI is InChI=1S/C20H21ClN4O2S/c21-17-8-4-5-9-18(17)27-14-19-22-24(15-23-10-12-26-13-11-23)20(28)25(19)16-6-2-1-3-7-16/h1-9H,10-15H2. The highest BCUT2D eigenvalue weighted by Gasteiger charge is 2.17. The van der Waals surface area contributed by atoms with Gasteiger partial charge in [0.2, 0.25) is 4.77 Å². The molecule has 0 spiro atoms. The van der Waals surface area contributed by atoms with Gasteiger partial charge in [0.15, 0.2) is 5.82 Å². The van der Waals surface area contributed by atoms with Crippen molar-refractivity contribution in [2.24, 2.45) is 0 Å². The molecule has 2 aromatic carbocycles. The number of hydrogen-bond donors (Lipinski definition) is 0. The van der Waals surface area contributed by atoms with Crippen LogP contribution in [0.25, 0.3) is 5.69 Å². The van der Waals surface area contributed by atoms with Gasteiger partial charge < -0.3 is 9.47 Å². The van der Waals surface area contributed by atoms with E-state index in [1.807, 2.05) is 57.8 Å².